The van der Waals surface area contributed by atoms with Gasteiger partial charge in [0.15, 0.2) is 0 Å². The van der Waals surface area contributed by atoms with Crippen molar-refractivity contribution in [2.24, 2.45) is 0 Å². The third-order valence-electron chi connectivity index (χ3n) is 4.62. The summed E-state index contributed by atoms with van der Waals surface area (Å²) in [6.07, 6.45) is -0.153. The number of ether oxygens (including phenoxy) is 2. The van der Waals surface area contributed by atoms with Crippen molar-refractivity contribution in [2.75, 3.05) is 7.11 Å². The summed E-state index contributed by atoms with van der Waals surface area (Å²) in [6.45, 7) is 0. The molecule has 4 aromatic rings. The van der Waals surface area contributed by atoms with Crippen molar-refractivity contribution >= 4 is 28.5 Å². The van der Waals surface area contributed by atoms with E-state index in [0.717, 1.165) is 10.9 Å². The number of fused-ring (bicyclic) bond motifs is 1. The number of carboxylic acid groups (broad SMARTS) is 1. The molecule has 0 amide bonds. The zero-order chi connectivity index (χ0) is 20.4. The van der Waals surface area contributed by atoms with Crippen molar-refractivity contribution in [1.29, 1.82) is 0 Å². The van der Waals surface area contributed by atoms with E-state index in [4.69, 9.17) is 21.1 Å². The first-order valence-electron chi connectivity index (χ1n) is 8.98. The average Bonchev–Trinajstić information content (AvgIpc) is 3.06. The van der Waals surface area contributed by atoms with Gasteiger partial charge in [-0.2, -0.15) is 0 Å². The highest BCUT2D eigenvalue weighted by molar-refractivity contribution is 6.31. The van der Waals surface area contributed by atoms with Crippen LogP contribution in [0.5, 0.6) is 17.2 Å². The maximum Gasteiger partial charge on any atom is 0.307 e. The van der Waals surface area contributed by atoms with Gasteiger partial charge in [-0.15, -0.1) is 0 Å². The highest BCUT2D eigenvalue weighted by Crippen LogP contribution is 2.39. The minimum atomic E-state index is -0.928. The normalized spacial score (nSPS) is 10.8. The van der Waals surface area contributed by atoms with Crippen molar-refractivity contribution in [3.05, 3.63) is 77.3 Å². The number of aliphatic carboxylic acids is 1. The van der Waals surface area contributed by atoms with Crippen LogP contribution in [0.3, 0.4) is 0 Å². The highest BCUT2D eigenvalue weighted by atomic mass is 35.5. The van der Waals surface area contributed by atoms with E-state index in [1.165, 1.54) is 0 Å². The fraction of sp³-hybridized carbons (Fsp3) is 0.0870. The van der Waals surface area contributed by atoms with Crippen LogP contribution in [-0.2, 0) is 11.2 Å². The summed E-state index contributed by atoms with van der Waals surface area (Å²) in [6, 6.07) is 20.2. The molecule has 4 rings (SSSR count). The SMILES string of the molecule is COc1ccc(Cl)cc1-c1[nH]c2ccc(Oc3ccccc3)cc2c1CC(=O)O. The smallest absolute Gasteiger partial charge is 0.307 e. The lowest BCUT2D eigenvalue weighted by Crippen LogP contribution is -2.01. The number of carboxylic acids is 1. The van der Waals surface area contributed by atoms with Crippen LogP contribution in [0.15, 0.2) is 66.7 Å². The predicted molar refractivity (Wildman–Crippen MR) is 113 cm³/mol. The number of rotatable bonds is 6. The zero-order valence-electron chi connectivity index (χ0n) is 15.6. The number of aromatic nitrogens is 1. The Bertz CT molecular complexity index is 1180. The van der Waals surface area contributed by atoms with E-state index in [9.17, 15) is 9.90 Å². The van der Waals surface area contributed by atoms with E-state index >= 15 is 0 Å². The number of hydrogen-bond donors (Lipinski definition) is 2. The molecule has 0 atom stereocenters. The lowest BCUT2D eigenvalue weighted by atomic mass is 10.0. The van der Waals surface area contributed by atoms with Gasteiger partial charge in [0, 0.05) is 21.5 Å². The average molecular weight is 408 g/mol. The van der Waals surface area contributed by atoms with Gasteiger partial charge in [-0.05, 0) is 54.1 Å². The van der Waals surface area contributed by atoms with Gasteiger partial charge in [-0.25, -0.2) is 0 Å². The molecule has 0 fully saturated rings. The lowest BCUT2D eigenvalue weighted by Gasteiger charge is -2.10. The largest absolute Gasteiger partial charge is 0.496 e. The Hall–Kier alpha value is -3.44. The molecule has 0 saturated carbocycles. The number of nitrogens with one attached hydrogen (secondary N) is 1. The van der Waals surface area contributed by atoms with Gasteiger partial charge in [0.2, 0.25) is 0 Å². The van der Waals surface area contributed by atoms with E-state index in [-0.39, 0.29) is 6.42 Å². The van der Waals surface area contributed by atoms with Crippen LogP contribution in [0.25, 0.3) is 22.2 Å². The Morgan fingerprint density at radius 1 is 1.03 bits per heavy atom. The number of carbonyl (C=O) groups is 1. The fourth-order valence-electron chi connectivity index (χ4n) is 3.36. The first-order chi connectivity index (χ1) is 14.0. The molecule has 0 aliphatic rings. The summed E-state index contributed by atoms with van der Waals surface area (Å²) >= 11 is 6.19. The Morgan fingerprint density at radius 2 is 1.83 bits per heavy atom. The van der Waals surface area contributed by atoms with Gasteiger partial charge in [-0.1, -0.05) is 29.8 Å². The lowest BCUT2D eigenvalue weighted by molar-refractivity contribution is -0.136. The Morgan fingerprint density at radius 3 is 2.55 bits per heavy atom. The number of halogens is 1. The highest BCUT2D eigenvalue weighted by Gasteiger charge is 2.19. The Labute approximate surface area is 172 Å². The summed E-state index contributed by atoms with van der Waals surface area (Å²) < 4.78 is 11.4. The number of para-hydroxylation sites is 1. The molecule has 2 N–H and O–H groups in total. The van der Waals surface area contributed by atoms with Gasteiger partial charge in [0.05, 0.1) is 19.2 Å². The topological polar surface area (TPSA) is 71.5 Å². The Kier molecular flexibility index (Phi) is 5.14. The van der Waals surface area contributed by atoms with Crippen LogP contribution in [-0.4, -0.2) is 23.2 Å². The standard InChI is InChI=1S/C23H18ClNO4/c1-28-21-10-7-14(24)11-19(21)23-18(13-22(26)27)17-12-16(8-9-20(17)25-23)29-15-5-3-2-4-6-15/h2-12,25H,13H2,1H3,(H,26,27). The third-order valence-corrected chi connectivity index (χ3v) is 4.85. The molecule has 0 spiro atoms. The van der Waals surface area contributed by atoms with Gasteiger partial charge in [0.1, 0.15) is 17.2 Å². The summed E-state index contributed by atoms with van der Waals surface area (Å²) in [4.78, 5) is 14.9. The van der Waals surface area contributed by atoms with E-state index in [1.807, 2.05) is 48.5 Å². The van der Waals surface area contributed by atoms with E-state index in [2.05, 4.69) is 4.98 Å². The molecule has 3 aromatic carbocycles. The van der Waals surface area contributed by atoms with Gasteiger partial charge < -0.3 is 19.6 Å². The number of hydrogen-bond acceptors (Lipinski definition) is 3. The molecule has 0 radical (unpaired) electrons. The second-order valence-electron chi connectivity index (χ2n) is 6.52. The molecule has 5 nitrogen and oxygen atoms in total. The molecule has 0 bridgehead atoms. The molecule has 0 aliphatic heterocycles. The van der Waals surface area contributed by atoms with Crippen molar-refractivity contribution in [2.45, 2.75) is 6.42 Å². The van der Waals surface area contributed by atoms with Crippen molar-refractivity contribution in [1.82, 2.24) is 4.98 Å². The number of aromatic amines is 1. The molecule has 29 heavy (non-hydrogen) atoms. The minimum Gasteiger partial charge on any atom is -0.496 e. The van der Waals surface area contributed by atoms with Crippen LogP contribution in [0, 0.1) is 0 Å². The first kappa shape index (κ1) is 18.9. The monoisotopic (exact) mass is 407 g/mol. The van der Waals surface area contributed by atoms with E-state index in [0.29, 0.717) is 39.1 Å². The number of H-pyrrole nitrogens is 1. The third kappa shape index (κ3) is 3.91. The molecular formula is C23H18ClNO4. The summed E-state index contributed by atoms with van der Waals surface area (Å²) in [5, 5.41) is 10.8. The first-order valence-corrected chi connectivity index (χ1v) is 9.36. The van der Waals surface area contributed by atoms with E-state index < -0.39 is 5.97 Å². The van der Waals surface area contributed by atoms with Crippen molar-refractivity contribution < 1.29 is 19.4 Å². The summed E-state index contributed by atoms with van der Waals surface area (Å²) in [5.41, 5.74) is 2.82. The van der Waals surface area contributed by atoms with Crippen LogP contribution < -0.4 is 9.47 Å². The second kappa shape index (κ2) is 7.89. The summed E-state index contributed by atoms with van der Waals surface area (Å²) in [5.74, 6) is 1.01. The number of methoxy groups -OCH3 is 1. The second-order valence-corrected chi connectivity index (χ2v) is 6.95. The van der Waals surface area contributed by atoms with Gasteiger partial charge in [0.25, 0.3) is 0 Å². The summed E-state index contributed by atoms with van der Waals surface area (Å²) in [7, 11) is 1.57. The quantitative estimate of drug-likeness (QED) is 0.416. The predicted octanol–water partition coefficient (Wildman–Crippen LogP) is 5.92. The molecule has 0 saturated heterocycles. The van der Waals surface area contributed by atoms with Crippen LogP contribution in [0.4, 0.5) is 0 Å². The molecular weight excluding hydrogens is 390 g/mol. The van der Waals surface area contributed by atoms with E-state index in [1.54, 1.807) is 25.3 Å². The molecule has 1 aromatic heterocycles. The van der Waals surface area contributed by atoms with Crippen molar-refractivity contribution in [3.63, 3.8) is 0 Å². The maximum atomic E-state index is 11.6. The molecule has 6 heteroatoms. The number of benzene rings is 3. The van der Waals surface area contributed by atoms with Gasteiger partial charge >= 0.3 is 5.97 Å². The Balaban J connectivity index is 1.87. The van der Waals surface area contributed by atoms with Crippen LogP contribution in [0.2, 0.25) is 5.02 Å². The fourth-order valence-corrected chi connectivity index (χ4v) is 3.53. The molecule has 146 valence electrons. The molecule has 0 aliphatic carbocycles. The minimum absolute atomic E-state index is 0.153. The molecule has 0 unspecified atom stereocenters. The van der Waals surface area contributed by atoms with Crippen LogP contribution in [0.1, 0.15) is 5.56 Å². The van der Waals surface area contributed by atoms with Crippen molar-refractivity contribution in [3.8, 4) is 28.5 Å². The maximum absolute atomic E-state index is 11.6. The zero-order valence-corrected chi connectivity index (χ0v) is 16.4. The molecule has 1 heterocycles. The van der Waals surface area contributed by atoms with Crippen LogP contribution >= 0.6 is 11.6 Å². The van der Waals surface area contributed by atoms with Gasteiger partial charge in [-0.3, -0.25) is 4.79 Å².